The van der Waals surface area contributed by atoms with Gasteiger partial charge in [0.2, 0.25) is 5.90 Å². The first kappa shape index (κ1) is 20.3. The number of ether oxygens (including phenoxy) is 3. The number of aliphatic imine (C=N–C) groups is 1. The van der Waals surface area contributed by atoms with Gasteiger partial charge in [-0.3, -0.25) is 0 Å². The summed E-state index contributed by atoms with van der Waals surface area (Å²) in [5.41, 5.74) is 1.23. The quantitative estimate of drug-likeness (QED) is 0.420. The fourth-order valence-corrected chi connectivity index (χ4v) is 3.03. The topological polar surface area (TPSA) is 57.1 Å². The van der Waals surface area contributed by atoms with Crippen LogP contribution in [-0.4, -0.2) is 19.0 Å². The van der Waals surface area contributed by atoms with Gasteiger partial charge in [0.05, 0.1) is 7.11 Å². The van der Waals surface area contributed by atoms with Gasteiger partial charge < -0.3 is 14.2 Å². The van der Waals surface area contributed by atoms with Gasteiger partial charge in [0, 0.05) is 16.7 Å². The molecule has 1 aliphatic heterocycles. The predicted molar refractivity (Wildman–Crippen MR) is 111 cm³/mol. The van der Waals surface area contributed by atoms with Crippen LogP contribution in [0, 0.1) is 11.6 Å². The molecule has 0 aromatic heterocycles. The molecule has 0 radical (unpaired) electrons. The van der Waals surface area contributed by atoms with Crippen LogP contribution in [0.15, 0.2) is 77.4 Å². The molecule has 0 N–H and O–H groups in total. The van der Waals surface area contributed by atoms with Crippen molar-refractivity contribution >= 4 is 17.9 Å². The van der Waals surface area contributed by atoms with Crippen molar-refractivity contribution in [2.75, 3.05) is 7.11 Å². The van der Waals surface area contributed by atoms with Crippen LogP contribution in [0.2, 0.25) is 0 Å². The molecule has 0 saturated carbocycles. The maximum absolute atomic E-state index is 14.0. The summed E-state index contributed by atoms with van der Waals surface area (Å²) in [5.74, 6) is -0.796. The highest BCUT2D eigenvalue weighted by molar-refractivity contribution is 6.13. The molecule has 0 atom stereocenters. The molecule has 156 valence electrons. The lowest BCUT2D eigenvalue weighted by atomic mass is 10.1. The van der Waals surface area contributed by atoms with E-state index in [0.29, 0.717) is 28.2 Å². The molecule has 3 aromatic rings. The molecule has 4 rings (SSSR count). The monoisotopic (exact) mass is 421 g/mol. The number of benzene rings is 3. The molecule has 3 aromatic carbocycles. The van der Waals surface area contributed by atoms with Crippen LogP contribution in [0.4, 0.5) is 8.78 Å². The summed E-state index contributed by atoms with van der Waals surface area (Å²) < 4.78 is 43.8. The first-order chi connectivity index (χ1) is 15.0. The van der Waals surface area contributed by atoms with Crippen LogP contribution in [-0.2, 0) is 16.1 Å². The first-order valence-electron chi connectivity index (χ1n) is 9.37. The Balaban J connectivity index is 1.67. The predicted octanol–water partition coefficient (Wildman–Crippen LogP) is 4.90. The molecule has 0 aliphatic carbocycles. The van der Waals surface area contributed by atoms with Crippen molar-refractivity contribution < 1.29 is 27.8 Å². The smallest absolute Gasteiger partial charge is 0.363 e. The molecular weight excluding hydrogens is 404 g/mol. The Morgan fingerprint density at radius 1 is 1.03 bits per heavy atom. The van der Waals surface area contributed by atoms with Crippen LogP contribution in [0.25, 0.3) is 6.08 Å². The molecule has 31 heavy (non-hydrogen) atoms. The molecular formula is C24H17F2NO4. The summed E-state index contributed by atoms with van der Waals surface area (Å²) in [6, 6.07) is 17.0. The zero-order valence-corrected chi connectivity index (χ0v) is 16.5. The van der Waals surface area contributed by atoms with Crippen molar-refractivity contribution in [3.05, 3.63) is 101 Å². The van der Waals surface area contributed by atoms with E-state index in [-0.39, 0.29) is 24.0 Å². The summed E-state index contributed by atoms with van der Waals surface area (Å²) in [7, 11) is 1.48. The summed E-state index contributed by atoms with van der Waals surface area (Å²) in [5, 5.41) is 0. The standard InChI is InChI=1S/C24H17F2NO4/c1-29-21-11-5-7-15(22(21)30-14-17-6-2-3-10-19(17)26)13-20-24(28)31-23(27-20)16-8-4-9-18(25)12-16/h2-13H,14H2,1H3/b20-13-. The third-order valence-electron chi connectivity index (χ3n) is 4.54. The lowest BCUT2D eigenvalue weighted by Gasteiger charge is -2.14. The number of carbonyl (C=O) groups is 1. The number of rotatable bonds is 6. The van der Waals surface area contributed by atoms with Crippen LogP contribution in [0.5, 0.6) is 11.5 Å². The summed E-state index contributed by atoms with van der Waals surface area (Å²) in [4.78, 5) is 16.5. The van der Waals surface area contributed by atoms with E-state index in [1.165, 1.54) is 37.5 Å². The van der Waals surface area contributed by atoms with Gasteiger partial charge in [0.1, 0.15) is 18.2 Å². The SMILES string of the molecule is COc1cccc(/C=C2\N=C(c3cccc(F)c3)OC2=O)c1OCc1ccccc1F. The normalized spacial score (nSPS) is 14.4. The lowest BCUT2D eigenvalue weighted by molar-refractivity contribution is -0.129. The Labute approximate surface area is 177 Å². The summed E-state index contributed by atoms with van der Waals surface area (Å²) >= 11 is 0. The molecule has 0 unspecified atom stereocenters. The summed E-state index contributed by atoms with van der Waals surface area (Å²) in [6.07, 6.45) is 1.48. The second kappa shape index (κ2) is 8.79. The van der Waals surface area contributed by atoms with Crippen LogP contribution in [0.3, 0.4) is 0 Å². The highest BCUT2D eigenvalue weighted by Crippen LogP contribution is 2.34. The van der Waals surface area contributed by atoms with Crippen molar-refractivity contribution in [1.82, 2.24) is 0 Å². The van der Waals surface area contributed by atoms with E-state index in [9.17, 15) is 13.6 Å². The maximum atomic E-state index is 14.0. The lowest BCUT2D eigenvalue weighted by Crippen LogP contribution is -2.05. The Hall–Kier alpha value is -4.00. The third kappa shape index (κ3) is 4.45. The number of esters is 1. The van der Waals surface area contributed by atoms with Crippen LogP contribution in [0.1, 0.15) is 16.7 Å². The Kier molecular flexibility index (Phi) is 5.75. The second-order valence-corrected chi connectivity index (χ2v) is 6.61. The molecule has 7 heteroatoms. The number of halogens is 2. The Bertz CT molecular complexity index is 1200. The van der Waals surface area contributed by atoms with Crippen LogP contribution >= 0.6 is 0 Å². The van der Waals surface area contributed by atoms with Crippen LogP contribution < -0.4 is 9.47 Å². The molecule has 5 nitrogen and oxygen atoms in total. The van der Waals surface area contributed by atoms with E-state index in [1.54, 1.807) is 42.5 Å². The summed E-state index contributed by atoms with van der Waals surface area (Å²) in [6.45, 7) is -0.0362. The van der Waals surface area contributed by atoms with Gasteiger partial charge in [-0.2, -0.15) is 0 Å². The molecule has 0 amide bonds. The van der Waals surface area contributed by atoms with Crippen molar-refractivity contribution in [2.45, 2.75) is 6.61 Å². The van der Waals surface area contributed by atoms with E-state index in [4.69, 9.17) is 14.2 Å². The third-order valence-corrected chi connectivity index (χ3v) is 4.54. The van der Waals surface area contributed by atoms with Crippen molar-refractivity contribution in [2.24, 2.45) is 4.99 Å². The van der Waals surface area contributed by atoms with E-state index >= 15 is 0 Å². The first-order valence-corrected chi connectivity index (χ1v) is 9.37. The van der Waals surface area contributed by atoms with Gasteiger partial charge in [0.15, 0.2) is 17.2 Å². The average Bonchev–Trinajstić information content (AvgIpc) is 3.14. The number of methoxy groups -OCH3 is 1. The minimum atomic E-state index is -0.679. The molecule has 1 aliphatic rings. The van der Waals surface area contributed by atoms with Gasteiger partial charge in [0.25, 0.3) is 0 Å². The fourth-order valence-electron chi connectivity index (χ4n) is 3.03. The average molecular weight is 421 g/mol. The Morgan fingerprint density at radius 2 is 1.84 bits per heavy atom. The number of nitrogens with zero attached hydrogens (tertiary/aromatic N) is 1. The number of cyclic esters (lactones) is 1. The largest absolute Gasteiger partial charge is 0.493 e. The van der Waals surface area contributed by atoms with E-state index in [1.807, 2.05) is 0 Å². The zero-order valence-electron chi connectivity index (χ0n) is 16.5. The molecule has 1 heterocycles. The van der Waals surface area contributed by atoms with Crippen molar-refractivity contribution in [3.8, 4) is 11.5 Å². The van der Waals surface area contributed by atoms with Gasteiger partial charge >= 0.3 is 5.97 Å². The Morgan fingerprint density at radius 3 is 2.61 bits per heavy atom. The number of para-hydroxylation sites is 1. The molecule has 0 bridgehead atoms. The minimum Gasteiger partial charge on any atom is -0.493 e. The van der Waals surface area contributed by atoms with E-state index < -0.39 is 11.8 Å². The molecule has 0 saturated heterocycles. The number of hydrogen-bond donors (Lipinski definition) is 0. The second-order valence-electron chi connectivity index (χ2n) is 6.61. The van der Waals surface area contributed by atoms with E-state index in [2.05, 4.69) is 4.99 Å². The van der Waals surface area contributed by atoms with Crippen molar-refractivity contribution in [3.63, 3.8) is 0 Å². The highest BCUT2D eigenvalue weighted by atomic mass is 19.1. The van der Waals surface area contributed by atoms with E-state index in [0.717, 1.165) is 0 Å². The maximum Gasteiger partial charge on any atom is 0.363 e. The van der Waals surface area contributed by atoms with Gasteiger partial charge in [-0.1, -0.05) is 36.4 Å². The number of carbonyl (C=O) groups excluding carboxylic acids is 1. The number of hydrogen-bond acceptors (Lipinski definition) is 5. The van der Waals surface area contributed by atoms with Gasteiger partial charge in [-0.25, -0.2) is 18.6 Å². The molecule has 0 fully saturated rings. The van der Waals surface area contributed by atoms with Gasteiger partial charge in [-0.05, 0) is 36.4 Å². The highest BCUT2D eigenvalue weighted by Gasteiger charge is 2.25. The fraction of sp³-hybridized carbons (Fsp3) is 0.0833. The minimum absolute atomic E-state index is 0.00692. The molecule has 0 spiro atoms. The zero-order chi connectivity index (χ0) is 21.8. The van der Waals surface area contributed by atoms with Crippen molar-refractivity contribution in [1.29, 1.82) is 0 Å². The van der Waals surface area contributed by atoms with Gasteiger partial charge in [-0.15, -0.1) is 0 Å².